The van der Waals surface area contributed by atoms with E-state index in [0.29, 0.717) is 24.7 Å². The van der Waals surface area contributed by atoms with E-state index in [1.165, 1.54) is 24.0 Å². The highest BCUT2D eigenvalue weighted by Crippen LogP contribution is 2.44. The number of carbonyl (C=O) groups is 1. The molecule has 0 unspecified atom stereocenters. The van der Waals surface area contributed by atoms with Crippen molar-refractivity contribution in [2.24, 2.45) is 0 Å². The van der Waals surface area contributed by atoms with E-state index in [4.69, 9.17) is 9.47 Å². The maximum atomic E-state index is 11.7. The Hall–Kier alpha value is -2.29. The van der Waals surface area contributed by atoms with Gasteiger partial charge in [0.2, 0.25) is 0 Å². The predicted molar refractivity (Wildman–Crippen MR) is 94.5 cm³/mol. The highest BCUT2D eigenvalue weighted by atomic mass is 16.5. The number of benzene rings is 2. The van der Waals surface area contributed by atoms with Gasteiger partial charge in [-0.3, -0.25) is 4.79 Å². The van der Waals surface area contributed by atoms with Crippen molar-refractivity contribution in [2.75, 3.05) is 0 Å². The minimum atomic E-state index is -0.212. The van der Waals surface area contributed by atoms with Gasteiger partial charge in [0, 0.05) is 12.0 Å². The molecular weight excluding hydrogens is 300 g/mol. The predicted octanol–water partition coefficient (Wildman–Crippen LogP) is 5.02. The van der Waals surface area contributed by atoms with Gasteiger partial charge in [-0.25, -0.2) is 0 Å². The van der Waals surface area contributed by atoms with Crippen molar-refractivity contribution in [3.63, 3.8) is 0 Å². The van der Waals surface area contributed by atoms with E-state index in [0.717, 1.165) is 17.7 Å². The first-order valence-electron chi connectivity index (χ1n) is 8.75. The number of aryl methyl sites for hydroxylation is 1. The van der Waals surface area contributed by atoms with E-state index in [1.54, 1.807) is 6.92 Å². The van der Waals surface area contributed by atoms with E-state index in [-0.39, 0.29) is 5.97 Å². The number of hydrogen-bond donors (Lipinski definition) is 0. The molecule has 1 aliphatic carbocycles. The number of carbonyl (C=O) groups excluding carboxylic acids is 1. The molecule has 0 aliphatic heterocycles. The maximum Gasteiger partial charge on any atom is 0.310 e. The van der Waals surface area contributed by atoms with E-state index >= 15 is 0 Å². The second-order valence-corrected chi connectivity index (χ2v) is 6.21. The monoisotopic (exact) mass is 324 g/mol. The second kappa shape index (κ2) is 7.52. The normalized spacial score (nSPS) is 13.6. The average molecular weight is 324 g/mol. The molecule has 0 spiro atoms. The Morgan fingerprint density at radius 3 is 2.46 bits per heavy atom. The molecule has 2 aromatic rings. The Morgan fingerprint density at radius 1 is 1.08 bits per heavy atom. The summed E-state index contributed by atoms with van der Waals surface area (Å²) in [4.78, 5) is 11.7. The average Bonchev–Trinajstić information content (AvgIpc) is 3.45. The summed E-state index contributed by atoms with van der Waals surface area (Å²) in [6.45, 7) is 4.36. The summed E-state index contributed by atoms with van der Waals surface area (Å²) in [6.07, 6.45) is 3.78. The van der Waals surface area contributed by atoms with Crippen molar-refractivity contribution < 1.29 is 14.3 Å². The van der Waals surface area contributed by atoms with Crippen LogP contribution >= 0.6 is 0 Å². The smallest absolute Gasteiger partial charge is 0.310 e. The van der Waals surface area contributed by atoms with E-state index in [9.17, 15) is 4.79 Å². The van der Waals surface area contributed by atoms with Gasteiger partial charge in [0.25, 0.3) is 0 Å². The molecule has 1 fully saturated rings. The van der Waals surface area contributed by atoms with Gasteiger partial charge < -0.3 is 9.47 Å². The third kappa shape index (κ3) is 3.97. The molecule has 0 N–H and O–H groups in total. The van der Waals surface area contributed by atoms with Crippen molar-refractivity contribution in [1.82, 2.24) is 0 Å². The fourth-order valence-electron chi connectivity index (χ4n) is 2.78. The first-order valence-corrected chi connectivity index (χ1v) is 8.75. The molecular formula is C21H24O3. The Labute approximate surface area is 143 Å². The SMILES string of the molecule is CCC(=O)Oc1cccc(C2CC2)c1COc1ccc(CC)cc1. The Morgan fingerprint density at radius 2 is 1.83 bits per heavy atom. The van der Waals surface area contributed by atoms with Crippen LogP contribution in [-0.4, -0.2) is 5.97 Å². The highest BCUT2D eigenvalue weighted by molar-refractivity contribution is 5.72. The summed E-state index contributed by atoms with van der Waals surface area (Å²) in [6, 6.07) is 14.1. The number of ether oxygens (including phenoxy) is 2. The minimum Gasteiger partial charge on any atom is -0.489 e. The summed E-state index contributed by atoms with van der Waals surface area (Å²) < 4.78 is 11.5. The second-order valence-electron chi connectivity index (χ2n) is 6.21. The molecule has 1 saturated carbocycles. The number of hydrogen-bond acceptors (Lipinski definition) is 3. The maximum absolute atomic E-state index is 11.7. The molecule has 24 heavy (non-hydrogen) atoms. The molecule has 0 radical (unpaired) electrons. The molecule has 2 aromatic carbocycles. The third-order valence-electron chi connectivity index (χ3n) is 4.41. The summed E-state index contributed by atoms with van der Waals surface area (Å²) in [5.74, 6) is 1.84. The highest BCUT2D eigenvalue weighted by Gasteiger charge is 2.28. The van der Waals surface area contributed by atoms with E-state index in [1.807, 2.05) is 24.3 Å². The Balaban J connectivity index is 1.80. The molecule has 0 bridgehead atoms. The molecule has 0 amide bonds. The fourth-order valence-corrected chi connectivity index (χ4v) is 2.78. The summed E-state index contributed by atoms with van der Waals surface area (Å²) in [5, 5.41) is 0. The lowest BCUT2D eigenvalue weighted by molar-refractivity contribution is -0.134. The van der Waals surface area contributed by atoms with E-state index < -0.39 is 0 Å². The zero-order chi connectivity index (χ0) is 16.9. The van der Waals surface area contributed by atoms with Gasteiger partial charge in [0.05, 0.1) is 0 Å². The van der Waals surface area contributed by atoms with Gasteiger partial charge in [-0.1, -0.05) is 38.1 Å². The van der Waals surface area contributed by atoms with Crippen LogP contribution in [0, 0.1) is 0 Å². The zero-order valence-electron chi connectivity index (χ0n) is 14.4. The van der Waals surface area contributed by atoms with Crippen molar-refractivity contribution in [2.45, 2.75) is 52.1 Å². The lowest BCUT2D eigenvalue weighted by Gasteiger charge is -2.15. The van der Waals surface area contributed by atoms with Crippen molar-refractivity contribution in [3.05, 3.63) is 59.2 Å². The van der Waals surface area contributed by atoms with Crippen molar-refractivity contribution >= 4 is 5.97 Å². The first-order chi connectivity index (χ1) is 11.7. The fraction of sp³-hybridized carbons (Fsp3) is 0.381. The molecule has 0 aromatic heterocycles. The summed E-state index contributed by atoms with van der Waals surface area (Å²) >= 11 is 0. The number of esters is 1. The van der Waals surface area contributed by atoms with Crippen LogP contribution in [0.1, 0.15) is 55.7 Å². The molecule has 0 atom stereocenters. The molecule has 3 nitrogen and oxygen atoms in total. The van der Waals surface area contributed by atoms with Crippen LogP contribution in [0.2, 0.25) is 0 Å². The van der Waals surface area contributed by atoms with Crippen LogP contribution < -0.4 is 9.47 Å². The zero-order valence-corrected chi connectivity index (χ0v) is 14.4. The Bertz CT molecular complexity index is 700. The lowest BCUT2D eigenvalue weighted by atomic mass is 10.0. The standard InChI is InChI=1S/C21H24O3/c1-3-15-8-12-17(13-9-15)23-14-19-18(16-10-11-16)6-5-7-20(19)24-21(22)4-2/h5-9,12-13,16H,3-4,10-11,14H2,1-2H3. The summed E-state index contributed by atoms with van der Waals surface area (Å²) in [7, 11) is 0. The van der Waals surface area contributed by atoms with Gasteiger partial charge >= 0.3 is 5.97 Å². The summed E-state index contributed by atoms with van der Waals surface area (Å²) in [5.41, 5.74) is 3.54. The van der Waals surface area contributed by atoms with Crippen molar-refractivity contribution in [1.29, 1.82) is 0 Å². The quantitative estimate of drug-likeness (QED) is 0.530. The van der Waals surface area contributed by atoms with Gasteiger partial charge in [-0.15, -0.1) is 0 Å². The Kier molecular flexibility index (Phi) is 5.19. The van der Waals surface area contributed by atoms with Gasteiger partial charge in [0.15, 0.2) is 0 Å². The van der Waals surface area contributed by atoms with Crippen LogP contribution in [-0.2, 0) is 17.8 Å². The van der Waals surface area contributed by atoms with Crippen LogP contribution in [0.15, 0.2) is 42.5 Å². The molecule has 3 heteroatoms. The lowest BCUT2D eigenvalue weighted by Crippen LogP contribution is -2.10. The van der Waals surface area contributed by atoms with Gasteiger partial charge in [-0.2, -0.15) is 0 Å². The molecule has 1 aliphatic rings. The van der Waals surface area contributed by atoms with E-state index in [2.05, 4.69) is 25.1 Å². The number of rotatable bonds is 7. The first kappa shape index (κ1) is 16.6. The van der Waals surface area contributed by atoms with Crippen LogP contribution in [0.5, 0.6) is 11.5 Å². The molecule has 3 rings (SSSR count). The third-order valence-corrected chi connectivity index (χ3v) is 4.41. The van der Waals surface area contributed by atoms with Crippen LogP contribution in [0.25, 0.3) is 0 Å². The van der Waals surface area contributed by atoms with Crippen LogP contribution in [0.3, 0.4) is 0 Å². The topological polar surface area (TPSA) is 35.5 Å². The molecule has 126 valence electrons. The largest absolute Gasteiger partial charge is 0.489 e. The van der Waals surface area contributed by atoms with Gasteiger partial charge in [-0.05, 0) is 54.5 Å². The van der Waals surface area contributed by atoms with Gasteiger partial charge in [0.1, 0.15) is 18.1 Å². The van der Waals surface area contributed by atoms with Crippen LogP contribution in [0.4, 0.5) is 0 Å². The van der Waals surface area contributed by atoms with Crippen molar-refractivity contribution in [3.8, 4) is 11.5 Å². The molecule has 0 saturated heterocycles. The molecule has 0 heterocycles. The minimum absolute atomic E-state index is 0.212.